The molecule has 9 heteroatoms. The van der Waals surface area contributed by atoms with Gasteiger partial charge in [-0.15, -0.1) is 0 Å². The van der Waals surface area contributed by atoms with Gasteiger partial charge in [0.25, 0.3) is 0 Å². The van der Waals surface area contributed by atoms with Gasteiger partial charge in [0.2, 0.25) is 0 Å². The van der Waals surface area contributed by atoms with Crippen LogP contribution in [0, 0.1) is 6.92 Å². The third-order valence-electron chi connectivity index (χ3n) is 3.29. The molecule has 0 saturated carbocycles. The zero-order valence-electron chi connectivity index (χ0n) is 11.4. The van der Waals surface area contributed by atoms with Crippen molar-refractivity contribution in [3.05, 3.63) is 23.2 Å². The normalized spacial score (nSPS) is 30.3. The Morgan fingerprint density at radius 2 is 2.19 bits per heavy atom. The van der Waals surface area contributed by atoms with E-state index < -0.39 is 34.7 Å². The van der Waals surface area contributed by atoms with Gasteiger partial charge in [-0.25, -0.2) is 13.2 Å². The van der Waals surface area contributed by atoms with E-state index in [-0.39, 0.29) is 18.8 Å². The van der Waals surface area contributed by atoms with Crippen molar-refractivity contribution in [1.29, 1.82) is 0 Å². The minimum absolute atomic E-state index is 0.0725. The molecule has 0 spiro atoms. The van der Waals surface area contributed by atoms with Crippen LogP contribution in [0.2, 0.25) is 0 Å². The fraction of sp³-hybridized carbons (Fsp3) is 0.583. The molecular formula is C12H14O8S. The highest BCUT2D eigenvalue weighted by Gasteiger charge is 2.52. The van der Waals surface area contributed by atoms with Gasteiger partial charge in [-0.1, -0.05) is 0 Å². The number of aryl methyl sites for hydroxylation is 1. The lowest BCUT2D eigenvalue weighted by Gasteiger charge is -2.11. The number of hydrogen-bond acceptors (Lipinski definition) is 8. The van der Waals surface area contributed by atoms with E-state index in [1.807, 2.05) is 0 Å². The summed E-state index contributed by atoms with van der Waals surface area (Å²) in [6, 6.07) is 1.48. The summed E-state index contributed by atoms with van der Waals surface area (Å²) in [6.45, 7) is 3.64. The molecule has 21 heavy (non-hydrogen) atoms. The molecule has 3 rings (SSSR count). The van der Waals surface area contributed by atoms with E-state index in [1.165, 1.54) is 6.07 Å². The topological polar surface area (TPSA) is 101 Å². The molecule has 8 nitrogen and oxygen atoms in total. The van der Waals surface area contributed by atoms with E-state index in [4.69, 9.17) is 22.3 Å². The Hall–Kier alpha value is -1.42. The van der Waals surface area contributed by atoms with E-state index in [2.05, 4.69) is 0 Å². The maximum absolute atomic E-state index is 11.7. The molecule has 116 valence electrons. The molecule has 3 atom stereocenters. The molecule has 0 aromatic carbocycles. The second-order valence-corrected chi connectivity index (χ2v) is 5.90. The van der Waals surface area contributed by atoms with Crippen LogP contribution in [-0.4, -0.2) is 39.8 Å². The van der Waals surface area contributed by atoms with Crippen LogP contribution >= 0.6 is 0 Å². The SMILES string of the molecule is CCOC(=O)c1cc([C@@H]2OC[C@H]3OS(=O)(=O)O[C@H]32)oc1C. The first-order valence-electron chi connectivity index (χ1n) is 6.42. The summed E-state index contributed by atoms with van der Waals surface area (Å²) in [5, 5.41) is 0. The highest BCUT2D eigenvalue weighted by Crippen LogP contribution is 2.40. The van der Waals surface area contributed by atoms with Crippen molar-refractivity contribution in [2.45, 2.75) is 32.2 Å². The van der Waals surface area contributed by atoms with Crippen LogP contribution in [-0.2, 0) is 28.2 Å². The third-order valence-corrected chi connectivity index (χ3v) is 4.23. The van der Waals surface area contributed by atoms with Crippen LogP contribution in [0.4, 0.5) is 0 Å². The summed E-state index contributed by atoms with van der Waals surface area (Å²) in [4.78, 5) is 11.7. The minimum Gasteiger partial charge on any atom is -0.463 e. The van der Waals surface area contributed by atoms with Crippen molar-refractivity contribution >= 4 is 16.4 Å². The molecule has 0 amide bonds. The van der Waals surface area contributed by atoms with E-state index in [0.29, 0.717) is 11.5 Å². The number of esters is 1. The average molecular weight is 318 g/mol. The first-order chi connectivity index (χ1) is 9.91. The van der Waals surface area contributed by atoms with Gasteiger partial charge in [-0.05, 0) is 19.9 Å². The number of rotatable bonds is 3. The van der Waals surface area contributed by atoms with Gasteiger partial charge >= 0.3 is 16.4 Å². The lowest BCUT2D eigenvalue weighted by atomic mass is 10.1. The zero-order chi connectivity index (χ0) is 15.2. The molecule has 1 aromatic heterocycles. The fourth-order valence-corrected chi connectivity index (χ4v) is 3.40. The Kier molecular flexibility index (Phi) is 3.52. The molecule has 2 saturated heterocycles. The maximum atomic E-state index is 11.7. The highest BCUT2D eigenvalue weighted by molar-refractivity contribution is 7.82. The Morgan fingerprint density at radius 1 is 1.43 bits per heavy atom. The molecule has 3 heterocycles. The smallest absolute Gasteiger partial charge is 0.400 e. The predicted octanol–water partition coefficient (Wildman–Crippen LogP) is 0.865. The number of ether oxygens (including phenoxy) is 2. The summed E-state index contributed by atoms with van der Waals surface area (Å²) in [5.41, 5.74) is 0.278. The van der Waals surface area contributed by atoms with E-state index in [9.17, 15) is 13.2 Å². The van der Waals surface area contributed by atoms with Crippen molar-refractivity contribution in [3.63, 3.8) is 0 Å². The van der Waals surface area contributed by atoms with Gasteiger partial charge in [0.05, 0.1) is 13.2 Å². The van der Waals surface area contributed by atoms with Crippen LogP contribution in [0.5, 0.6) is 0 Å². The van der Waals surface area contributed by atoms with Crippen molar-refractivity contribution in [2.75, 3.05) is 13.2 Å². The molecule has 0 aliphatic carbocycles. The van der Waals surface area contributed by atoms with Crippen molar-refractivity contribution in [1.82, 2.24) is 0 Å². The summed E-state index contributed by atoms with van der Waals surface area (Å²) in [7, 11) is -3.99. The third kappa shape index (κ3) is 2.57. The second kappa shape index (κ2) is 5.09. The van der Waals surface area contributed by atoms with Gasteiger partial charge < -0.3 is 13.9 Å². The minimum atomic E-state index is -3.99. The molecule has 2 aliphatic heterocycles. The molecule has 0 N–H and O–H groups in total. The largest absolute Gasteiger partial charge is 0.463 e. The lowest BCUT2D eigenvalue weighted by Crippen LogP contribution is -2.21. The van der Waals surface area contributed by atoms with E-state index >= 15 is 0 Å². The number of furan rings is 1. The standard InChI is InChI=1S/C12H14O8S/c1-3-16-12(13)7-4-8(18-6(7)2)10-11-9(5-17-10)19-21(14,15)20-11/h4,9-11H,3,5H2,1-2H3/t9-,10+,11-/m1/s1. The van der Waals surface area contributed by atoms with Crippen LogP contribution in [0.15, 0.2) is 10.5 Å². The number of carbonyl (C=O) groups is 1. The number of hydrogen-bond donors (Lipinski definition) is 0. The summed E-state index contributed by atoms with van der Waals surface area (Å²) < 4.78 is 48.0. The average Bonchev–Trinajstić information content (AvgIpc) is 3.01. The lowest BCUT2D eigenvalue weighted by molar-refractivity contribution is 0.0391. The molecule has 0 radical (unpaired) electrons. The second-order valence-electron chi connectivity index (χ2n) is 4.70. The van der Waals surface area contributed by atoms with Crippen LogP contribution in [0.1, 0.15) is 34.9 Å². The van der Waals surface area contributed by atoms with Crippen molar-refractivity contribution in [2.24, 2.45) is 0 Å². The maximum Gasteiger partial charge on any atom is 0.400 e. The Morgan fingerprint density at radius 3 is 2.90 bits per heavy atom. The van der Waals surface area contributed by atoms with E-state index in [1.54, 1.807) is 13.8 Å². The van der Waals surface area contributed by atoms with Crippen molar-refractivity contribution < 1.29 is 35.5 Å². The van der Waals surface area contributed by atoms with Crippen LogP contribution in [0.3, 0.4) is 0 Å². The first kappa shape index (κ1) is 14.5. The summed E-state index contributed by atoms with van der Waals surface area (Å²) in [6.07, 6.45) is -2.25. The first-order valence-corrected chi connectivity index (χ1v) is 7.75. The summed E-state index contributed by atoms with van der Waals surface area (Å²) >= 11 is 0. The Labute approximate surface area is 121 Å². The molecule has 2 aliphatic rings. The van der Waals surface area contributed by atoms with Gasteiger partial charge in [0.15, 0.2) is 0 Å². The molecule has 1 aromatic rings. The van der Waals surface area contributed by atoms with Crippen LogP contribution in [0.25, 0.3) is 0 Å². The van der Waals surface area contributed by atoms with Crippen LogP contribution < -0.4 is 0 Å². The molecular weight excluding hydrogens is 304 g/mol. The fourth-order valence-electron chi connectivity index (χ4n) is 2.39. The molecule has 0 bridgehead atoms. The predicted molar refractivity (Wildman–Crippen MR) is 66.8 cm³/mol. The summed E-state index contributed by atoms with van der Waals surface area (Å²) in [5.74, 6) is 0.178. The van der Waals surface area contributed by atoms with Crippen molar-refractivity contribution in [3.8, 4) is 0 Å². The molecule has 2 fully saturated rings. The highest BCUT2D eigenvalue weighted by atomic mass is 32.3. The number of carbonyl (C=O) groups excluding carboxylic acids is 1. The van der Waals surface area contributed by atoms with Gasteiger partial charge in [0.1, 0.15) is 35.4 Å². The van der Waals surface area contributed by atoms with E-state index in [0.717, 1.165) is 0 Å². The monoisotopic (exact) mass is 318 g/mol. The van der Waals surface area contributed by atoms with Gasteiger partial charge in [-0.2, -0.15) is 8.42 Å². The Bertz CT molecular complexity index is 661. The van der Waals surface area contributed by atoms with Gasteiger partial charge in [0, 0.05) is 0 Å². The zero-order valence-corrected chi connectivity index (χ0v) is 12.2. The molecule has 0 unspecified atom stereocenters. The quantitative estimate of drug-likeness (QED) is 0.756. The number of fused-ring (bicyclic) bond motifs is 1. The van der Waals surface area contributed by atoms with Gasteiger partial charge in [-0.3, -0.25) is 0 Å². The Balaban J connectivity index is 1.85.